The Bertz CT molecular complexity index is 354. The van der Waals surface area contributed by atoms with Crippen molar-refractivity contribution >= 4 is 18.3 Å². The van der Waals surface area contributed by atoms with E-state index in [-0.39, 0.29) is 13.0 Å². The van der Waals surface area contributed by atoms with Crippen molar-refractivity contribution in [2.45, 2.75) is 18.9 Å². The Morgan fingerprint density at radius 3 is 2.71 bits per heavy atom. The number of likely N-dealkylation sites (tertiary alicyclic amines) is 1. The van der Waals surface area contributed by atoms with Crippen LogP contribution in [0.1, 0.15) is 12.8 Å². The fourth-order valence-electron chi connectivity index (χ4n) is 2.24. The first-order valence-corrected chi connectivity index (χ1v) is 5.17. The number of nitrogens with zero attached hydrogens (tertiary/aromatic N) is 1. The number of methoxy groups -OCH3 is 1. The Morgan fingerprint density at radius 2 is 2.29 bits per heavy atom. The minimum atomic E-state index is -1.23. The maximum absolute atomic E-state index is 11.7. The highest BCUT2D eigenvalue weighted by molar-refractivity contribution is 5.87. The van der Waals surface area contributed by atoms with Crippen LogP contribution in [0, 0.1) is 5.41 Å². The van der Waals surface area contributed by atoms with Crippen LogP contribution in [0.25, 0.3) is 0 Å². The number of hydrogen-bond acceptors (Lipinski definition) is 4. The van der Waals surface area contributed by atoms with E-state index in [0.717, 1.165) is 4.90 Å². The average molecular weight is 241 g/mol. The zero-order valence-corrected chi connectivity index (χ0v) is 9.59. The third kappa shape index (κ3) is 2.15. The first kappa shape index (κ1) is 13.2. The number of carboxylic acid groups (broad SMARTS) is 1. The molecule has 1 amide bonds. The number of ether oxygens (including phenoxy) is 1. The van der Waals surface area contributed by atoms with Crippen LogP contribution in [0.4, 0.5) is 4.79 Å². The second-order valence-corrected chi connectivity index (χ2v) is 4.00. The number of aldehydes is 1. The Balaban J connectivity index is 3.13. The highest BCUT2D eigenvalue weighted by Gasteiger charge is 2.53. The summed E-state index contributed by atoms with van der Waals surface area (Å²) in [6, 6.07) is -1.08. The van der Waals surface area contributed by atoms with Crippen LogP contribution in [0.5, 0.6) is 0 Å². The van der Waals surface area contributed by atoms with Crippen LogP contribution >= 0.6 is 0 Å². The molecule has 0 aromatic carbocycles. The van der Waals surface area contributed by atoms with Crippen LogP contribution in [-0.4, -0.2) is 48.1 Å². The lowest BCUT2D eigenvalue weighted by Gasteiger charge is -2.29. The molecule has 1 N–H and O–H groups in total. The first-order chi connectivity index (χ1) is 8.02. The quantitative estimate of drug-likeness (QED) is 0.444. The third-order valence-corrected chi connectivity index (χ3v) is 3.10. The fourth-order valence-corrected chi connectivity index (χ4v) is 2.24. The minimum absolute atomic E-state index is 0.141. The van der Waals surface area contributed by atoms with Gasteiger partial charge in [-0.25, -0.2) is 9.59 Å². The number of rotatable bonds is 4. The maximum atomic E-state index is 11.7. The van der Waals surface area contributed by atoms with E-state index in [4.69, 9.17) is 5.11 Å². The smallest absolute Gasteiger partial charge is 0.408 e. The molecule has 94 valence electrons. The predicted octanol–water partition coefficient (Wildman–Crippen LogP) is 0.673. The lowest BCUT2D eigenvalue weighted by molar-refractivity contribution is -0.150. The summed E-state index contributed by atoms with van der Waals surface area (Å²) in [6.45, 7) is 3.67. The molecular weight excluding hydrogens is 226 g/mol. The molecule has 0 bridgehead atoms. The van der Waals surface area contributed by atoms with Crippen molar-refractivity contribution in [2.24, 2.45) is 5.41 Å². The molecule has 2 unspecified atom stereocenters. The summed E-state index contributed by atoms with van der Waals surface area (Å²) in [4.78, 5) is 34.9. The number of carbonyl (C=O) groups excluding carboxylic acids is 2. The molecule has 6 nitrogen and oxygen atoms in total. The molecule has 0 radical (unpaired) electrons. The van der Waals surface area contributed by atoms with Gasteiger partial charge in [-0.05, 0) is 12.8 Å². The third-order valence-electron chi connectivity index (χ3n) is 3.10. The zero-order chi connectivity index (χ0) is 13.1. The van der Waals surface area contributed by atoms with Crippen LogP contribution in [0.15, 0.2) is 12.7 Å². The topological polar surface area (TPSA) is 83.9 Å². The van der Waals surface area contributed by atoms with Gasteiger partial charge in [-0.1, -0.05) is 6.08 Å². The van der Waals surface area contributed by atoms with Gasteiger partial charge in [0.15, 0.2) is 0 Å². The Morgan fingerprint density at radius 1 is 1.65 bits per heavy atom. The Kier molecular flexibility index (Phi) is 3.88. The molecule has 0 spiro atoms. The number of carbonyl (C=O) groups is 3. The van der Waals surface area contributed by atoms with Gasteiger partial charge in [0, 0.05) is 6.54 Å². The first-order valence-electron chi connectivity index (χ1n) is 5.17. The zero-order valence-electron chi connectivity index (χ0n) is 9.59. The summed E-state index contributed by atoms with van der Waals surface area (Å²) in [5.74, 6) is -0.709. The van der Waals surface area contributed by atoms with Crippen LogP contribution in [-0.2, 0) is 14.3 Å². The fraction of sp³-hybridized carbons (Fsp3) is 0.545. The van der Waals surface area contributed by atoms with Crippen LogP contribution in [0.2, 0.25) is 0 Å². The standard InChI is InChI=1S/C11H15NO5/c1-3-4-11(7-13)5-6-12(10(15)16)8(11)9(14)17-2/h3,7-8H,1,4-6H2,2H3,(H,15,16). The maximum Gasteiger partial charge on any atom is 0.408 e. The largest absolute Gasteiger partial charge is 0.467 e. The SMILES string of the molecule is C=CCC1(C=O)CCN(C(=O)O)C1C(=O)OC. The van der Waals surface area contributed by atoms with Crippen molar-refractivity contribution in [1.82, 2.24) is 4.90 Å². The van der Waals surface area contributed by atoms with E-state index >= 15 is 0 Å². The molecule has 0 aromatic rings. The molecule has 0 aromatic heterocycles. The summed E-state index contributed by atoms with van der Waals surface area (Å²) < 4.78 is 4.58. The van der Waals surface area contributed by atoms with E-state index < -0.39 is 23.5 Å². The highest BCUT2D eigenvalue weighted by atomic mass is 16.5. The highest BCUT2D eigenvalue weighted by Crippen LogP contribution is 2.39. The summed E-state index contributed by atoms with van der Waals surface area (Å²) in [6.07, 6.45) is 1.47. The van der Waals surface area contributed by atoms with E-state index in [9.17, 15) is 14.4 Å². The van der Waals surface area contributed by atoms with Gasteiger partial charge >= 0.3 is 12.1 Å². The molecule has 1 heterocycles. The molecule has 1 saturated heterocycles. The molecule has 2 atom stereocenters. The number of esters is 1. The average Bonchev–Trinajstić information content (AvgIpc) is 2.69. The molecule has 1 fully saturated rings. The van der Waals surface area contributed by atoms with Gasteiger partial charge < -0.3 is 14.6 Å². The van der Waals surface area contributed by atoms with Gasteiger partial charge in [-0.15, -0.1) is 6.58 Å². The molecule has 0 saturated carbocycles. The van der Waals surface area contributed by atoms with Gasteiger partial charge in [0.05, 0.1) is 12.5 Å². The van der Waals surface area contributed by atoms with Crippen LogP contribution in [0.3, 0.4) is 0 Å². The molecule has 0 aliphatic carbocycles. The molecule has 1 rings (SSSR count). The van der Waals surface area contributed by atoms with Gasteiger partial charge in [0.25, 0.3) is 0 Å². The van der Waals surface area contributed by atoms with E-state index in [2.05, 4.69) is 11.3 Å². The lowest BCUT2D eigenvalue weighted by Crippen LogP contribution is -2.48. The van der Waals surface area contributed by atoms with Crippen molar-refractivity contribution < 1.29 is 24.2 Å². The van der Waals surface area contributed by atoms with Crippen molar-refractivity contribution in [3.05, 3.63) is 12.7 Å². The minimum Gasteiger partial charge on any atom is -0.467 e. The van der Waals surface area contributed by atoms with Crippen molar-refractivity contribution in [1.29, 1.82) is 0 Å². The summed E-state index contributed by atoms with van der Waals surface area (Å²) in [5.41, 5.74) is -1.05. The molecule has 6 heteroatoms. The van der Waals surface area contributed by atoms with Gasteiger partial charge in [-0.3, -0.25) is 4.90 Å². The van der Waals surface area contributed by atoms with Crippen molar-refractivity contribution in [3.8, 4) is 0 Å². The Hall–Kier alpha value is -1.85. The van der Waals surface area contributed by atoms with Gasteiger partial charge in [-0.2, -0.15) is 0 Å². The van der Waals surface area contributed by atoms with E-state index in [1.165, 1.54) is 13.2 Å². The second kappa shape index (κ2) is 4.99. The summed E-state index contributed by atoms with van der Waals surface area (Å²) in [7, 11) is 1.17. The molecular formula is C11H15NO5. The second-order valence-electron chi connectivity index (χ2n) is 4.00. The molecule has 1 aliphatic rings. The van der Waals surface area contributed by atoms with Crippen LogP contribution < -0.4 is 0 Å². The van der Waals surface area contributed by atoms with Crippen molar-refractivity contribution in [2.75, 3.05) is 13.7 Å². The van der Waals surface area contributed by atoms with Crippen molar-refractivity contribution in [3.63, 3.8) is 0 Å². The normalized spacial score (nSPS) is 27.6. The summed E-state index contributed by atoms with van der Waals surface area (Å²) >= 11 is 0. The Labute approximate surface area is 98.8 Å². The van der Waals surface area contributed by atoms with Gasteiger partial charge in [0.2, 0.25) is 0 Å². The number of hydrogen-bond donors (Lipinski definition) is 1. The van der Waals surface area contributed by atoms with E-state index in [1.807, 2.05) is 0 Å². The monoisotopic (exact) mass is 241 g/mol. The van der Waals surface area contributed by atoms with E-state index in [1.54, 1.807) is 0 Å². The van der Waals surface area contributed by atoms with Gasteiger partial charge in [0.1, 0.15) is 12.3 Å². The van der Waals surface area contributed by atoms with E-state index in [0.29, 0.717) is 12.7 Å². The lowest BCUT2D eigenvalue weighted by atomic mass is 9.78. The molecule has 17 heavy (non-hydrogen) atoms. The molecule has 1 aliphatic heterocycles. The number of allylic oxidation sites excluding steroid dienone is 1. The predicted molar refractivity (Wildman–Crippen MR) is 58.5 cm³/mol. The summed E-state index contributed by atoms with van der Waals surface area (Å²) in [5, 5.41) is 9.00. The number of amides is 1.